The van der Waals surface area contributed by atoms with Crippen LogP contribution in [0.15, 0.2) is 24.3 Å². The van der Waals surface area contributed by atoms with Crippen LogP contribution in [0.2, 0.25) is 0 Å². The number of carbonyl (C=O) groups excluding carboxylic acids is 2. The number of benzene rings is 1. The molecule has 33 heavy (non-hydrogen) atoms. The fourth-order valence-electron chi connectivity index (χ4n) is 4.18. The summed E-state index contributed by atoms with van der Waals surface area (Å²) in [4.78, 5) is 25.2. The Morgan fingerprint density at radius 1 is 0.758 bits per heavy atom. The van der Waals surface area contributed by atoms with Gasteiger partial charge in [0.15, 0.2) is 0 Å². The molecule has 0 amide bonds. The maximum absolute atomic E-state index is 12.6. The maximum Gasteiger partial charge on any atom is 0.339 e. The zero-order valence-electron chi connectivity index (χ0n) is 21.9. The van der Waals surface area contributed by atoms with Gasteiger partial charge in [-0.1, -0.05) is 110 Å². The second-order valence-electron chi connectivity index (χ2n) is 10.6. The third-order valence-corrected chi connectivity index (χ3v) is 5.81. The molecule has 0 spiro atoms. The molecule has 4 nitrogen and oxygen atoms in total. The molecule has 4 heteroatoms. The van der Waals surface area contributed by atoms with Crippen molar-refractivity contribution in [1.29, 1.82) is 0 Å². The fraction of sp³-hybridized carbons (Fsp3) is 0.724. The van der Waals surface area contributed by atoms with Gasteiger partial charge in [0.1, 0.15) is 0 Å². The molecule has 0 fully saturated rings. The molecule has 1 atom stereocenters. The first-order chi connectivity index (χ1) is 15.7. The van der Waals surface area contributed by atoms with E-state index >= 15 is 0 Å². The Hall–Kier alpha value is -1.84. The number of hydrogen-bond acceptors (Lipinski definition) is 4. The normalized spacial score (nSPS) is 12.4. The lowest BCUT2D eigenvalue weighted by Gasteiger charge is -2.23. The molecule has 0 heterocycles. The van der Waals surface area contributed by atoms with E-state index in [9.17, 15) is 9.59 Å². The van der Waals surface area contributed by atoms with Crippen molar-refractivity contribution in [2.45, 2.75) is 124 Å². The van der Waals surface area contributed by atoms with Gasteiger partial charge >= 0.3 is 11.9 Å². The maximum atomic E-state index is 12.6. The summed E-state index contributed by atoms with van der Waals surface area (Å²) in [6.07, 6.45) is 15.7. The number of carbonyl (C=O) groups is 2. The third kappa shape index (κ3) is 14.1. The van der Waals surface area contributed by atoms with Crippen LogP contribution in [0.25, 0.3) is 0 Å². The van der Waals surface area contributed by atoms with Crippen LogP contribution >= 0.6 is 0 Å². The van der Waals surface area contributed by atoms with Crippen LogP contribution in [0.4, 0.5) is 0 Å². The van der Waals surface area contributed by atoms with Gasteiger partial charge in [-0.2, -0.15) is 0 Å². The smallest absolute Gasteiger partial charge is 0.339 e. The highest BCUT2D eigenvalue weighted by atomic mass is 16.5. The number of rotatable bonds is 17. The molecule has 0 aliphatic heterocycles. The summed E-state index contributed by atoms with van der Waals surface area (Å²) in [6, 6.07) is 6.75. The number of hydrogen-bond donors (Lipinski definition) is 0. The van der Waals surface area contributed by atoms with E-state index in [2.05, 4.69) is 27.7 Å². The van der Waals surface area contributed by atoms with Crippen LogP contribution in [0.3, 0.4) is 0 Å². The topological polar surface area (TPSA) is 52.6 Å². The molecular weight excluding hydrogens is 412 g/mol. The van der Waals surface area contributed by atoms with Crippen molar-refractivity contribution in [3.05, 3.63) is 35.4 Å². The number of ether oxygens (including phenoxy) is 2. The number of esters is 2. The highest BCUT2D eigenvalue weighted by molar-refractivity contribution is 6.03. The van der Waals surface area contributed by atoms with E-state index < -0.39 is 11.9 Å². The molecule has 0 aliphatic carbocycles. The quantitative estimate of drug-likeness (QED) is 0.173. The van der Waals surface area contributed by atoms with Crippen molar-refractivity contribution in [3.63, 3.8) is 0 Å². The minimum atomic E-state index is -0.468. The molecule has 0 saturated carbocycles. The van der Waals surface area contributed by atoms with E-state index in [1.165, 1.54) is 64.2 Å². The van der Waals surface area contributed by atoms with Crippen molar-refractivity contribution < 1.29 is 19.1 Å². The first-order valence-corrected chi connectivity index (χ1v) is 13.2. The summed E-state index contributed by atoms with van der Waals surface area (Å²) in [6.45, 7) is 10.9. The van der Waals surface area contributed by atoms with Gasteiger partial charge in [0, 0.05) is 0 Å². The largest absolute Gasteiger partial charge is 0.462 e. The molecule has 0 radical (unpaired) electrons. The molecule has 0 aromatic heterocycles. The van der Waals surface area contributed by atoms with Crippen LogP contribution in [-0.2, 0) is 9.47 Å². The van der Waals surface area contributed by atoms with Gasteiger partial charge in [0.25, 0.3) is 0 Å². The van der Waals surface area contributed by atoms with Crippen molar-refractivity contribution in [1.82, 2.24) is 0 Å². The predicted octanol–water partition coefficient (Wildman–Crippen LogP) is 8.53. The van der Waals surface area contributed by atoms with Gasteiger partial charge < -0.3 is 9.47 Å². The predicted molar refractivity (Wildman–Crippen MR) is 137 cm³/mol. The molecule has 0 aliphatic rings. The molecule has 1 rings (SSSR count). The van der Waals surface area contributed by atoms with E-state index in [0.29, 0.717) is 6.61 Å². The molecule has 0 bridgehead atoms. The Bertz CT molecular complexity index is 674. The minimum Gasteiger partial charge on any atom is -0.462 e. The standard InChI is InChI=1S/C29H48O4/c1-6-7-8-9-10-11-12-13-14-15-16-19-22-32-27(30)25-20-17-18-21-26(25)28(31)33-24(2)23-29(3,4)5/h17-18,20-21,24H,6-16,19,22-23H2,1-5H3. The van der Waals surface area contributed by atoms with E-state index in [-0.39, 0.29) is 22.6 Å². The summed E-state index contributed by atoms with van der Waals surface area (Å²) in [5.41, 5.74) is 0.620. The van der Waals surface area contributed by atoms with Crippen LogP contribution in [0.1, 0.15) is 139 Å². The van der Waals surface area contributed by atoms with E-state index in [1.54, 1.807) is 24.3 Å². The van der Waals surface area contributed by atoms with Crippen molar-refractivity contribution in [2.75, 3.05) is 6.61 Å². The molecule has 1 unspecified atom stereocenters. The Balaban J connectivity index is 2.26. The van der Waals surface area contributed by atoms with Gasteiger partial charge in [-0.25, -0.2) is 9.59 Å². The molecule has 1 aromatic carbocycles. The SMILES string of the molecule is CCCCCCCCCCCCCCOC(=O)c1ccccc1C(=O)OC(C)CC(C)(C)C. The third-order valence-electron chi connectivity index (χ3n) is 5.81. The van der Waals surface area contributed by atoms with Gasteiger partial charge in [-0.05, 0) is 37.3 Å². The van der Waals surface area contributed by atoms with E-state index in [1.807, 2.05) is 6.92 Å². The van der Waals surface area contributed by atoms with Crippen molar-refractivity contribution in [3.8, 4) is 0 Å². The molecule has 1 aromatic rings. The Kier molecular flexibility index (Phi) is 14.8. The summed E-state index contributed by atoms with van der Waals surface area (Å²) in [5.74, 6) is -0.918. The lowest BCUT2D eigenvalue weighted by atomic mass is 9.90. The summed E-state index contributed by atoms with van der Waals surface area (Å²) >= 11 is 0. The van der Waals surface area contributed by atoms with Gasteiger partial charge in [-0.15, -0.1) is 0 Å². The van der Waals surface area contributed by atoms with Gasteiger partial charge in [0.05, 0.1) is 23.8 Å². The molecule has 188 valence electrons. The van der Waals surface area contributed by atoms with Crippen LogP contribution in [0, 0.1) is 5.41 Å². The summed E-state index contributed by atoms with van der Waals surface area (Å²) in [7, 11) is 0. The Morgan fingerprint density at radius 2 is 1.21 bits per heavy atom. The van der Waals surface area contributed by atoms with Gasteiger partial charge in [0.2, 0.25) is 0 Å². The first kappa shape index (κ1) is 29.2. The minimum absolute atomic E-state index is 0.0619. The van der Waals surface area contributed by atoms with E-state index in [0.717, 1.165) is 19.3 Å². The fourth-order valence-corrected chi connectivity index (χ4v) is 4.18. The first-order valence-electron chi connectivity index (χ1n) is 13.2. The summed E-state index contributed by atoms with van der Waals surface area (Å²) < 4.78 is 11.0. The average molecular weight is 461 g/mol. The van der Waals surface area contributed by atoms with E-state index in [4.69, 9.17) is 9.47 Å². The van der Waals surface area contributed by atoms with Crippen LogP contribution in [0.5, 0.6) is 0 Å². The second-order valence-corrected chi connectivity index (χ2v) is 10.6. The van der Waals surface area contributed by atoms with Crippen LogP contribution in [-0.4, -0.2) is 24.6 Å². The van der Waals surface area contributed by atoms with Gasteiger partial charge in [-0.3, -0.25) is 0 Å². The Labute approximate surface area is 202 Å². The molecule has 0 N–H and O–H groups in total. The lowest BCUT2D eigenvalue weighted by Crippen LogP contribution is -2.23. The Morgan fingerprint density at radius 3 is 1.70 bits per heavy atom. The lowest BCUT2D eigenvalue weighted by molar-refractivity contribution is 0.0244. The van der Waals surface area contributed by atoms with Crippen molar-refractivity contribution in [2.24, 2.45) is 5.41 Å². The summed E-state index contributed by atoms with van der Waals surface area (Å²) in [5, 5.41) is 0. The zero-order valence-corrected chi connectivity index (χ0v) is 21.9. The average Bonchev–Trinajstić information content (AvgIpc) is 2.75. The molecular formula is C29H48O4. The number of unbranched alkanes of at least 4 members (excludes halogenated alkanes) is 11. The molecule has 0 saturated heterocycles. The second kappa shape index (κ2) is 16.7. The van der Waals surface area contributed by atoms with Crippen molar-refractivity contribution >= 4 is 11.9 Å². The zero-order chi connectivity index (χ0) is 24.5. The monoisotopic (exact) mass is 460 g/mol. The highest BCUT2D eigenvalue weighted by Crippen LogP contribution is 2.23. The highest BCUT2D eigenvalue weighted by Gasteiger charge is 2.23. The van der Waals surface area contributed by atoms with Crippen LogP contribution < -0.4 is 0 Å².